The molecule has 4 heteroatoms. The second kappa shape index (κ2) is 6.96. The first-order chi connectivity index (χ1) is 9.67. The van der Waals surface area contributed by atoms with Gasteiger partial charge in [-0.25, -0.2) is 0 Å². The van der Waals surface area contributed by atoms with E-state index in [-0.39, 0.29) is 5.97 Å². The molecule has 0 aliphatic heterocycles. The fourth-order valence-corrected chi connectivity index (χ4v) is 1.98. The van der Waals surface area contributed by atoms with Gasteiger partial charge in [0.15, 0.2) is 0 Å². The Morgan fingerprint density at radius 3 is 2.45 bits per heavy atom. The van der Waals surface area contributed by atoms with Crippen molar-refractivity contribution in [3.8, 4) is 11.5 Å². The van der Waals surface area contributed by atoms with Crippen LogP contribution in [-0.4, -0.2) is 13.1 Å². The molecule has 2 rings (SSSR count). The van der Waals surface area contributed by atoms with Gasteiger partial charge in [0.05, 0.1) is 7.11 Å². The minimum absolute atomic E-state index is 0.268. The summed E-state index contributed by atoms with van der Waals surface area (Å²) in [4.78, 5) is 11.7. The smallest absolute Gasteiger partial charge is 0.311 e. The Hall–Kier alpha value is -2.00. The molecule has 0 spiro atoms. The summed E-state index contributed by atoms with van der Waals surface area (Å²) in [6.45, 7) is 0. The number of benzene rings is 2. The number of esters is 1. The summed E-state index contributed by atoms with van der Waals surface area (Å²) >= 11 is 5.89. The van der Waals surface area contributed by atoms with Crippen molar-refractivity contribution in [1.82, 2.24) is 0 Å². The zero-order chi connectivity index (χ0) is 14.4. The van der Waals surface area contributed by atoms with Crippen LogP contribution in [0.4, 0.5) is 0 Å². The zero-order valence-corrected chi connectivity index (χ0v) is 11.9. The van der Waals surface area contributed by atoms with Crippen LogP contribution >= 0.6 is 11.6 Å². The van der Waals surface area contributed by atoms with E-state index in [1.54, 1.807) is 37.4 Å². The molecule has 0 amide bonds. The van der Waals surface area contributed by atoms with Crippen LogP contribution in [0.25, 0.3) is 0 Å². The van der Waals surface area contributed by atoms with Crippen LogP contribution in [0.3, 0.4) is 0 Å². The minimum Gasteiger partial charge on any atom is -0.497 e. The molecule has 2 aromatic rings. The van der Waals surface area contributed by atoms with E-state index in [1.165, 1.54) is 0 Å². The molecule has 0 N–H and O–H groups in total. The summed E-state index contributed by atoms with van der Waals surface area (Å²) in [5.74, 6) is 0.973. The van der Waals surface area contributed by atoms with Crippen molar-refractivity contribution in [3.05, 3.63) is 59.1 Å². The van der Waals surface area contributed by atoms with Crippen molar-refractivity contribution in [2.45, 2.75) is 12.8 Å². The average molecular weight is 291 g/mol. The van der Waals surface area contributed by atoms with Gasteiger partial charge in [-0.05, 0) is 48.4 Å². The third-order valence-corrected chi connectivity index (χ3v) is 3.03. The first kappa shape index (κ1) is 14.4. The van der Waals surface area contributed by atoms with Crippen molar-refractivity contribution in [3.63, 3.8) is 0 Å². The highest BCUT2D eigenvalue weighted by molar-refractivity contribution is 6.30. The molecule has 0 saturated carbocycles. The van der Waals surface area contributed by atoms with Gasteiger partial charge in [-0.3, -0.25) is 4.79 Å². The molecule has 0 aromatic heterocycles. The van der Waals surface area contributed by atoms with Gasteiger partial charge in [-0.15, -0.1) is 0 Å². The van der Waals surface area contributed by atoms with Crippen LogP contribution < -0.4 is 9.47 Å². The Labute approximate surface area is 123 Å². The van der Waals surface area contributed by atoms with Gasteiger partial charge in [0.25, 0.3) is 0 Å². The number of carbonyl (C=O) groups excluding carboxylic acids is 1. The topological polar surface area (TPSA) is 35.5 Å². The Kier molecular flexibility index (Phi) is 5.02. The number of halogens is 1. The molecule has 0 fully saturated rings. The predicted octanol–water partition coefficient (Wildman–Crippen LogP) is 3.89. The van der Waals surface area contributed by atoms with Crippen LogP contribution in [-0.2, 0) is 11.2 Å². The number of ether oxygens (including phenoxy) is 2. The molecule has 0 unspecified atom stereocenters. The maximum absolute atomic E-state index is 11.7. The number of aryl methyl sites for hydroxylation is 1. The maximum atomic E-state index is 11.7. The van der Waals surface area contributed by atoms with Gasteiger partial charge in [0.1, 0.15) is 11.5 Å². The molecule has 0 atom stereocenters. The Morgan fingerprint density at radius 2 is 1.80 bits per heavy atom. The van der Waals surface area contributed by atoms with E-state index in [0.717, 1.165) is 11.3 Å². The quantitative estimate of drug-likeness (QED) is 0.619. The highest BCUT2D eigenvalue weighted by atomic mass is 35.5. The molecule has 104 valence electrons. The van der Waals surface area contributed by atoms with Crippen molar-refractivity contribution in [1.29, 1.82) is 0 Å². The first-order valence-electron chi connectivity index (χ1n) is 6.26. The number of rotatable bonds is 5. The highest BCUT2D eigenvalue weighted by Crippen LogP contribution is 2.18. The third-order valence-electron chi connectivity index (χ3n) is 2.80. The first-order valence-corrected chi connectivity index (χ1v) is 6.64. The van der Waals surface area contributed by atoms with Crippen LogP contribution in [0, 0.1) is 0 Å². The fourth-order valence-electron chi connectivity index (χ4n) is 1.77. The van der Waals surface area contributed by atoms with E-state index in [2.05, 4.69) is 0 Å². The fraction of sp³-hybridized carbons (Fsp3) is 0.188. The molecule has 3 nitrogen and oxygen atoms in total. The van der Waals surface area contributed by atoms with E-state index in [9.17, 15) is 4.79 Å². The molecule has 0 heterocycles. The predicted molar refractivity (Wildman–Crippen MR) is 78.4 cm³/mol. The van der Waals surface area contributed by atoms with Crippen LogP contribution in [0.2, 0.25) is 5.02 Å². The zero-order valence-electron chi connectivity index (χ0n) is 11.1. The molecule has 0 aliphatic rings. The van der Waals surface area contributed by atoms with Gasteiger partial charge in [0.2, 0.25) is 0 Å². The molecule has 0 aliphatic carbocycles. The Bertz CT molecular complexity index is 579. The highest BCUT2D eigenvalue weighted by Gasteiger charge is 2.06. The van der Waals surface area contributed by atoms with Crippen molar-refractivity contribution < 1.29 is 14.3 Å². The van der Waals surface area contributed by atoms with E-state index >= 15 is 0 Å². The lowest BCUT2D eigenvalue weighted by molar-refractivity contribution is -0.134. The minimum atomic E-state index is -0.268. The molecule has 2 aromatic carbocycles. The number of hydrogen-bond donors (Lipinski definition) is 0. The molecular weight excluding hydrogens is 276 g/mol. The Balaban J connectivity index is 1.85. The van der Waals surface area contributed by atoms with E-state index < -0.39 is 0 Å². The maximum Gasteiger partial charge on any atom is 0.311 e. The monoisotopic (exact) mass is 290 g/mol. The average Bonchev–Trinajstić information content (AvgIpc) is 2.46. The lowest BCUT2D eigenvalue weighted by Gasteiger charge is -2.05. The van der Waals surface area contributed by atoms with E-state index in [0.29, 0.717) is 23.6 Å². The van der Waals surface area contributed by atoms with Crippen LogP contribution in [0.1, 0.15) is 12.0 Å². The van der Waals surface area contributed by atoms with Crippen LogP contribution in [0.5, 0.6) is 11.5 Å². The molecule has 0 radical (unpaired) electrons. The van der Waals surface area contributed by atoms with E-state index in [1.807, 2.05) is 18.2 Å². The van der Waals surface area contributed by atoms with Gasteiger partial charge in [-0.2, -0.15) is 0 Å². The summed E-state index contributed by atoms with van der Waals surface area (Å²) in [5.41, 5.74) is 1.02. The molecule has 0 bridgehead atoms. The summed E-state index contributed by atoms with van der Waals surface area (Å²) in [7, 11) is 1.59. The standard InChI is InChI=1S/C16H15ClO3/c1-19-14-6-8-15(9-7-14)20-16(18)10-5-12-3-2-4-13(17)11-12/h2-4,6-9,11H,5,10H2,1H3. The Morgan fingerprint density at radius 1 is 1.10 bits per heavy atom. The largest absolute Gasteiger partial charge is 0.497 e. The van der Waals surface area contributed by atoms with E-state index in [4.69, 9.17) is 21.1 Å². The summed E-state index contributed by atoms with van der Waals surface area (Å²) < 4.78 is 10.3. The summed E-state index contributed by atoms with van der Waals surface area (Å²) in [6.07, 6.45) is 0.919. The second-order valence-corrected chi connectivity index (χ2v) is 4.72. The third kappa shape index (κ3) is 4.28. The van der Waals surface area contributed by atoms with Crippen LogP contribution in [0.15, 0.2) is 48.5 Å². The SMILES string of the molecule is COc1ccc(OC(=O)CCc2cccc(Cl)c2)cc1. The summed E-state index contributed by atoms with van der Waals surface area (Å²) in [6, 6.07) is 14.4. The normalized spacial score (nSPS) is 10.1. The van der Waals surface area contributed by atoms with Crippen molar-refractivity contribution in [2.24, 2.45) is 0 Å². The number of methoxy groups -OCH3 is 1. The van der Waals surface area contributed by atoms with Gasteiger partial charge < -0.3 is 9.47 Å². The van der Waals surface area contributed by atoms with Gasteiger partial charge in [-0.1, -0.05) is 23.7 Å². The molecule has 0 saturated heterocycles. The number of carbonyl (C=O) groups is 1. The van der Waals surface area contributed by atoms with Gasteiger partial charge in [0, 0.05) is 11.4 Å². The van der Waals surface area contributed by atoms with Crippen molar-refractivity contribution >= 4 is 17.6 Å². The lowest BCUT2D eigenvalue weighted by Crippen LogP contribution is -2.08. The number of hydrogen-bond acceptors (Lipinski definition) is 3. The van der Waals surface area contributed by atoms with Gasteiger partial charge >= 0.3 is 5.97 Å². The van der Waals surface area contributed by atoms with Crippen molar-refractivity contribution in [2.75, 3.05) is 7.11 Å². The lowest BCUT2D eigenvalue weighted by atomic mass is 10.1. The summed E-state index contributed by atoms with van der Waals surface area (Å²) in [5, 5.41) is 0.672. The second-order valence-electron chi connectivity index (χ2n) is 4.28. The molecular formula is C16H15ClO3. The molecule has 20 heavy (non-hydrogen) atoms.